The smallest absolute Gasteiger partial charge is 0.273 e. The monoisotopic (exact) mass is 204 g/mol. The predicted molar refractivity (Wildman–Crippen MR) is 56.3 cm³/mol. The standard InChI is InChI=1S/C11H12N2O2/c1-2-3-4-7-13-11(15)10-9(14)6-5-8-12-10/h5-6,8,14H,4,7H2,1H3,(H,13,15). The largest absolute Gasteiger partial charge is 0.505 e. The summed E-state index contributed by atoms with van der Waals surface area (Å²) in [6.07, 6.45) is 2.05. The first kappa shape index (κ1) is 11.1. The average molecular weight is 204 g/mol. The summed E-state index contributed by atoms with van der Waals surface area (Å²) >= 11 is 0. The van der Waals surface area contributed by atoms with Crippen molar-refractivity contribution in [3.8, 4) is 17.6 Å². The third-order valence-corrected chi connectivity index (χ3v) is 1.71. The number of amides is 1. The summed E-state index contributed by atoms with van der Waals surface area (Å²) in [4.78, 5) is 15.2. The van der Waals surface area contributed by atoms with Crippen molar-refractivity contribution in [3.05, 3.63) is 24.0 Å². The van der Waals surface area contributed by atoms with E-state index in [4.69, 9.17) is 0 Å². The summed E-state index contributed by atoms with van der Waals surface area (Å²) in [5, 5.41) is 11.9. The van der Waals surface area contributed by atoms with Gasteiger partial charge in [-0.1, -0.05) is 0 Å². The zero-order valence-corrected chi connectivity index (χ0v) is 8.45. The molecule has 0 bridgehead atoms. The molecule has 4 nitrogen and oxygen atoms in total. The molecule has 0 unspecified atom stereocenters. The lowest BCUT2D eigenvalue weighted by atomic mass is 10.3. The Hall–Kier alpha value is -2.02. The Morgan fingerprint density at radius 2 is 2.47 bits per heavy atom. The molecule has 4 heteroatoms. The summed E-state index contributed by atoms with van der Waals surface area (Å²) in [7, 11) is 0. The van der Waals surface area contributed by atoms with Crippen LogP contribution in [-0.2, 0) is 0 Å². The Balaban J connectivity index is 2.53. The van der Waals surface area contributed by atoms with Gasteiger partial charge in [0.25, 0.3) is 5.91 Å². The molecule has 0 aliphatic heterocycles. The van der Waals surface area contributed by atoms with E-state index in [9.17, 15) is 9.90 Å². The summed E-state index contributed by atoms with van der Waals surface area (Å²) < 4.78 is 0. The first-order valence-electron chi connectivity index (χ1n) is 4.57. The molecule has 15 heavy (non-hydrogen) atoms. The number of hydrogen-bond donors (Lipinski definition) is 2. The fraction of sp³-hybridized carbons (Fsp3) is 0.273. The topological polar surface area (TPSA) is 62.2 Å². The minimum atomic E-state index is -0.383. The van der Waals surface area contributed by atoms with Crippen LogP contribution in [0.1, 0.15) is 23.8 Å². The van der Waals surface area contributed by atoms with Gasteiger partial charge in [-0.2, -0.15) is 0 Å². The highest BCUT2D eigenvalue weighted by Crippen LogP contribution is 2.11. The van der Waals surface area contributed by atoms with Gasteiger partial charge in [0.1, 0.15) is 5.75 Å². The number of nitrogens with one attached hydrogen (secondary N) is 1. The van der Waals surface area contributed by atoms with E-state index in [1.165, 1.54) is 12.3 Å². The van der Waals surface area contributed by atoms with Gasteiger partial charge < -0.3 is 10.4 Å². The van der Waals surface area contributed by atoms with E-state index in [1.54, 1.807) is 13.0 Å². The maximum Gasteiger partial charge on any atom is 0.273 e. The van der Waals surface area contributed by atoms with E-state index in [1.807, 2.05) is 0 Å². The molecule has 0 saturated carbocycles. The summed E-state index contributed by atoms with van der Waals surface area (Å²) in [6.45, 7) is 2.20. The van der Waals surface area contributed by atoms with Crippen molar-refractivity contribution in [1.29, 1.82) is 0 Å². The van der Waals surface area contributed by atoms with Gasteiger partial charge in [-0.15, -0.1) is 11.8 Å². The number of hydrogen-bond acceptors (Lipinski definition) is 3. The fourth-order valence-corrected chi connectivity index (χ4v) is 1.02. The summed E-state index contributed by atoms with van der Waals surface area (Å²) in [5.74, 6) is 5.05. The molecule has 0 aromatic carbocycles. The van der Waals surface area contributed by atoms with Gasteiger partial charge in [0, 0.05) is 19.2 Å². The number of carbonyl (C=O) groups is 1. The lowest BCUT2D eigenvalue weighted by Crippen LogP contribution is -2.25. The second kappa shape index (κ2) is 5.66. The molecule has 0 atom stereocenters. The van der Waals surface area contributed by atoms with Crippen LogP contribution < -0.4 is 5.32 Å². The van der Waals surface area contributed by atoms with Crippen LogP contribution in [0.3, 0.4) is 0 Å². The fourth-order valence-electron chi connectivity index (χ4n) is 1.02. The van der Waals surface area contributed by atoms with Crippen LogP contribution in [0.15, 0.2) is 18.3 Å². The third kappa shape index (κ3) is 3.31. The quantitative estimate of drug-likeness (QED) is 0.568. The molecule has 1 heterocycles. The lowest BCUT2D eigenvalue weighted by Gasteiger charge is -2.03. The molecule has 1 aromatic heterocycles. The van der Waals surface area contributed by atoms with E-state index in [0.29, 0.717) is 13.0 Å². The average Bonchev–Trinajstić information content (AvgIpc) is 2.25. The highest BCUT2D eigenvalue weighted by atomic mass is 16.3. The molecule has 0 aliphatic carbocycles. The molecule has 0 spiro atoms. The first-order chi connectivity index (χ1) is 7.25. The van der Waals surface area contributed by atoms with Crippen molar-refractivity contribution in [2.75, 3.05) is 6.54 Å². The zero-order valence-electron chi connectivity index (χ0n) is 8.45. The normalized spacial score (nSPS) is 8.87. The van der Waals surface area contributed by atoms with Gasteiger partial charge in [0.2, 0.25) is 0 Å². The van der Waals surface area contributed by atoms with Gasteiger partial charge in [0.05, 0.1) is 0 Å². The Labute approximate surface area is 88.3 Å². The highest BCUT2D eigenvalue weighted by molar-refractivity contribution is 5.94. The van der Waals surface area contributed by atoms with Gasteiger partial charge >= 0.3 is 0 Å². The van der Waals surface area contributed by atoms with Crippen molar-refractivity contribution in [1.82, 2.24) is 10.3 Å². The number of aromatic nitrogens is 1. The van der Waals surface area contributed by atoms with E-state index >= 15 is 0 Å². The SMILES string of the molecule is CC#CCCNC(=O)c1ncccc1O. The van der Waals surface area contributed by atoms with Crippen LogP contribution in [0.2, 0.25) is 0 Å². The maximum atomic E-state index is 11.4. The molecular weight excluding hydrogens is 192 g/mol. The van der Waals surface area contributed by atoms with Crippen LogP contribution in [-0.4, -0.2) is 22.5 Å². The van der Waals surface area contributed by atoms with E-state index < -0.39 is 0 Å². The molecule has 78 valence electrons. The Morgan fingerprint density at radius 1 is 1.67 bits per heavy atom. The Morgan fingerprint density at radius 3 is 3.13 bits per heavy atom. The number of carbonyl (C=O) groups excluding carboxylic acids is 1. The number of rotatable bonds is 3. The Kier molecular flexibility index (Phi) is 4.17. The molecule has 0 aliphatic rings. The predicted octanol–water partition coefficient (Wildman–Crippen LogP) is 0.930. The van der Waals surface area contributed by atoms with Crippen molar-refractivity contribution in [2.45, 2.75) is 13.3 Å². The second-order valence-electron chi connectivity index (χ2n) is 2.80. The lowest BCUT2D eigenvalue weighted by molar-refractivity contribution is 0.0946. The molecule has 0 saturated heterocycles. The van der Waals surface area contributed by atoms with E-state index in [0.717, 1.165) is 0 Å². The highest BCUT2D eigenvalue weighted by Gasteiger charge is 2.10. The summed E-state index contributed by atoms with van der Waals surface area (Å²) in [5.41, 5.74) is 0.0435. The van der Waals surface area contributed by atoms with Gasteiger partial charge in [0.15, 0.2) is 5.69 Å². The van der Waals surface area contributed by atoms with Crippen LogP contribution in [0, 0.1) is 11.8 Å². The van der Waals surface area contributed by atoms with Crippen molar-refractivity contribution < 1.29 is 9.90 Å². The molecule has 1 aromatic rings. The number of aromatic hydroxyl groups is 1. The molecule has 1 amide bonds. The van der Waals surface area contributed by atoms with Crippen LogP contribution >= 0.6 is 0 Å². The maximum absolute atomic E-state index is 11.4. The van der Waals surface area contributed by atoms with Crippen LogP contribution in [0.25, 0.3) is 0 Å². The second-order valence-corrected chi connectivity index (χ2v) is 2.80. The minimum Gasteiger partial charge on any atom is -0.505 e. The van der Waals surface area contributed by atoms with Crippen LogP contribution in [0.5, 0.6) is 5.75 Å². The molecule has 0 radical (unpaired) electrons. The molecule has 2 N–H and O–H groups in total. The zero-order chi connectivity index (χ0) is 11.1. The van der Waals surface area contributed by atoms with Gasteiger partial charge in [-0.25, -0.2) is 4.98 Å². The minimum absolute atomic E-state index is 0.0435. The number of pyridine rings is 1. The van der Waals surface area contributed by atoms with Crippen LogP contribution in [0.4, 0.5) is 0 Å². The van der Waals surface area contributed by atoms with Gasteiger partial charge in [-0.3, -0.25) is 4.79 Å². The molecule has 0 fully saturated rings. The molecular formula is C11H12N2O2. The van der Waals surface area contributed by atoms with Crippen molar-refractivity contribution >= 4 is 5.91 Å². The third-order valence-electron chi connectivity index (χ3n) is 1.71. The number of nitrogens with zero attached hydrogens (tertiary/aromatic N) is 1. The molecule has 1 rings (SSSR count). The van der Waals surface area contributed by atoms with Crippen molar-refractivity contribution in [2.24, 2.45) is 0 Å². The summed E-state index contributed by atoms with van der Waals surface area (Å²) in [6, 6.07) is 2.99. The first-order valence-corrected chi connectivity index (χ1v) is 4.57. The van der Waals surface area contributed by atoms with Crippen molar-refractivity contribution in [3.63, 3.8) is 0 Å². The van der Waals surface area contributed by atoms with E-state index in [2.05, 4.69) is 22.1 Å². The van der Waals surface area contributed by atoms with Gasteiger partial charge in [-0.05, 0) is 19.1 Å². The Bertz CT molecular complexity index is 405. The van der Waals surface area contributed by atoms with E-state index in [-0.39, 0.29) is 17.4 Å².